The second-order valence-corrected chi connectivity index (χ2v) is 3.62. The Balaban J connectivity index is 2.33. The van der Waals surface area contributed by atoms with Crippen LogP contribution in [-0.4, -0.2) is 20.9 Å². The number of aromatic carboxylic acids is 1. The van der Waals surface area contributed by atoms with E-state index in [0.29, 0.717) is 0 Å². The predicted octanol–water partition coefficient (Wildman–Crippen LogP) is 0.990. The van der Waals surface area contributed by atoms with E-state index in [1.54, 1.807) is 0 Å². The van der Waals surface area contributed by atoms with Crippen molar-refractivity contribution in [1.82, 2.24) is 9.78 Å². The summed E-state index contributed by atoms with van der Waals surface area (Å²) in [6.45, 7) is 0. The lowest BCUT2D eigenvalue weighted by atomic mass is 10.3. The van der Waals surface area contributed by atoms with Crippen LogP contribution in [0.25, 0.3) is 0 Å². The molecule has 0 amide bonds. The van der Waals surface area contributed by atoms with Gasteiger partial charge in [-0.25, -0.2) is 9.48 Å². The van der Waals surface area contributed by atoms with Crippen LogP contribution in [0, 0.1) is 0 Å². The van der Waals surface area contributed by atoms with Crippen LogP contribution in [0.15, 0.2) is 10.9 Å². The molecular formula is C9H12N2O3. The molecule has 0 radical (unpaired) electrons. The Morgan fingerprint density at radius 1 is 1.50 bits per heavy atom. The Morgan fingerprint density at radius 2 is 2.14 bits per heavy atom. The quantitative estimate of drug-likeness (QED) is 0.740. The van der Waals surface area contributed by atoms with Crippen molar-refractivity contribution in [3.8, 4) is 0 Å². The van der Waals surface area contributed by atoms with Gasteiger partial charge in [0.25, 0.3) is 5.56 Å². The second kappa shape index (κ2) is 3.32. The van der Waals surface area contributed by atoms with Crippen LogP contribution >= 0.6 is 0 Å². The van der Waals surface area contributed by atoms with Gasteiger partial charge in [0.05, 0.1) is 6.04 Å². The minimum atomic E-state index is -1.08. The lowest BCUT2D eigenvalue weighted by molar-refractivity contribution is 0.0689. The lowest BCUT2D eigenvalue weighted by Gasteiger charge is -2.08. The molecule has 0 unspecified atom stereocenters. The molecule has 0 atom stereocenters. The monoisotopic (exact) mass is 196 g/mol. The molecular weight excluding hydrogens is 184 g/mol. The average molecular weight is 196 g/mol. The average Bonchev–Trinajstić information content (AvgIpc) is 2.71. The Hall–Kier alpha value is -1.52. The SMILES string of the molecule is O=C(O)c1cc(=O)n(C2CCCC2)[nH]1. The zero-order valence-electron chi connectivity index (χ0n) is 7.69. The maximum Gasteiger partial charge on any atom is 0.353 e. The van der Waals surface area contributed by atoms with E-state index in [1.807, 2.05) is 0 Å². The van der Waals surface area contributed by atoms with Crippen molar-refractivity contribution in [3.63, 3.8) is 0 Å². The number of nitrogens with zero attached hydrogens (tertiary/aromatic N) is 1. The van der Waals surface area contributed by atoms with Crippen LogP contribution in [0.4, 0.5) is 0 Å². The summed E-state index contributed by atoms with van der Waals surface area (Å²) in [6, 6.07) is 1.30. The van der Waals surface area contributed by atoms with Crippen molar-refractivity contribution in [1.29, 1.82) is 0 Å². The van der Waals surface area contributed by atoms with Crippen LogP contribution in [0.3, 0.4) is 0 Å². The summed E-state index contributed by atoms with van der Waals surface area (Å²) >= 11 is 0. The summed E-state index contributed by atoms with van der Waals surface area (Å²) in [5, 5.41) is 11.3. The van der Waals surface area contributed by atoms with Gasteiger partial charge < -0.3 is 5.11 Å². The summed E-state index contributed by atoms with van der Waals surface area (Å²) in [5.74, 6) is -1.08. The van der Waals surface area contributed by atoms with E-state index in [4.69, 9.17) is 5.11 Å². The first-order chi connectivity index (χ1) is 6.68. The molecule has 5 nitrogen and oxygen atoms in total. The highest BCUT2D eigenvalue weighted by Gasteiger charge is 2.20. The van der Waals surface area contributed by atoms with Crippen LogP contribution in [0.1, 0.15) is 42.2 Å². The number of rotatable bonds is 2. The number of H-pyrrole nitrogens is 1. The third-order valence-corrected chi connectivity index (χ3v) is 2.67. The van der Waals surface area contributed by atoms with Crippen LogP contribution in [0.5, 0.6) is 0 Å². The molecule has 2 N–H and O–H groups in total. The molecule has 1 saturated carbocycles. The van der Waals surface area contributed by atoms with Gasteiger partial charge >= 0.3 is 5.97 Å². The fourth-order valence-corrected chi connectivity index (χ4v) is 1.95. The third kappa shape index (κ3) is 1.45. The van der Waals surface area contributed by atoms with Crippen molar-refractivity contribution in [2.75, 3.05) is 0 Å². The summed E-state index contributed by atoms with van der Waals surface area (Å²) in [5.41, 5.74) is -0.267. The van der Waals surface area contributed by atoms with E-state index in [9.17, 15) is 9.59 Å². The van der Waals surface area contributed by atoms with Crippen LogP contribution in [0.2, 0.25) is 0 Å². The van der Waals surface area contributed by atoms with Crippen molar-refractivity contribution >= 4 is 5.97 Å². The molecule has 1 heterocycles. The van der Waals surface area contributed by atoms with Gasteiger partial charge in [-0.15, -0.1) is 0 Å². The first kappa shape index (κ1) is 9.05. The third-order valence-electron chi connectivity index (χ3n) is 2.67. The molecule has 1 aliphatic carbocycles. The zero-order valence-corrected chi connectivity index (χ0v) is 7.69. The Labute approximate surface area is 80.3 Å². The summed E-state index contributed by atoms with van der Waals surface area (Å²) in [6.07, 6.45) is 4.13. The molecule has 76 valence electrons. The van der Waals surface area contributed by atoms with Gasteiger partial charge in [-0.2, -0.15) is 0 Å². The molecule has 1 aliphatic rings. The second-order valence-electron chi connectivity index (χ2n) is 3.62. The van der Waals surface area contributed by atoms with E-state index in [2.05, 4.69) is 5.10 Å². The molecule has 0 saturated heterocycles. The molecule has 2 rings (SSSR count). The van der Waals surface area contributed by atoms with Crippen molar-refractivity contribution in [2.24, 2.45) is 0 Å². The van der Waals surface area contributed by atoms with Gasteiger partial charge in [-0.1, -0.05) is 12.8 Å². The van der Waals surface area contributed by atoms with E-state index >= 15 is 0 Å². The van der Waals surface area contributed by atoms with Crippen LogP contribution < -0.4 is 5.56 Å². The number of nitrogens with one attached hydrogen (secondary N) is 1. The Morgan fingerprint density at radius 3 is 2.64 bits per heavy atom. The van der Waals surface area contributed by atoms with Gasteiger partial charge in [-0.3, -0.25) is 9.89 Å². The van der Waals surface area contributed by atoms with Crippen molar-refractivity contribution < 1.29 is 9.90 Å². The first-order valence-electron chi connectivity index (χ1n) is 4.73. The number of carboxylic acid groups (broad SMARTS) is 1. The summed E-state index contributed by atoms with van der Waals surface area (Å²) < 4.78 is 1.44. The highest BCUT2D eigenvalue weighted by Crippen LogP contribution is 2.27. The number of hydrogen-bond acceptors (Lipinski definition) is 2. The molecule has 0 aromatic carbocycles. The van der Waals surface area contributed by atoms with E-state index in [0.717, 1.165) is 31.7 Å². The standard InChI is InChI=1S/C9H12N2O3/c12-8-5-7(9(13)14)10-11(8)6-3-1-2-4-6/h5-6,10H,1-4H2,(H,13,14). The number of aromatic nitrogens is 2. The molecule has 0 aliphatic heterocycles. The summed E-state index contributed by atoms with van der Waals surface area (Å²) in [4.78, 5) is 22.0. The highest BCUT2D eigenvalue weighted by molar-refractivity contribution is 5.84. The van der Waals surface area contributed by atoms with E-state index in [1.165, 1.54) is 4.68 Å². The minimum absolute atomic E-state index is 0.0260. The number of carboxylic acids is 1. The number of hydrogen-bond donors (Lipinski definition) is 2. The smallest absolute Gasteiger partial charge is 0.353 e. The minimum Gasteiger partial charge on any atom is -0.477 e. The van der Waals surface area contributed by atoms with Gasteiger partial charge in [-0.05, 0) is 12.8 Å². The maximum absolute atomic E-state index is 11.4. The number of carbonyl (C=O) groups is 1. The molecule has 0 bridgehead atoms. The molecule has 1 aromatic rings. The largest absolute Gasteiger partial charge is 0.477 e. The van der Waals surface area contributed by atoms with Gasteiger partial charge in [0.15, 0.2) is 0 Å². The number of aromatic amines is 1. The molecule has 0 spiro atoms. The lowest BCUT2D eigenvalue weighted by Crippen LogP contribution is -2.19. The fraction of sp³-hybridized carbons (Fsp3) is 0.556. The zero-order chi connectivity index (χ0) is 10.1. The van der Waals surface area contributed by atoms with Gasteiger partial charge in [0, 0.05) is 6.07 Å². The van der Waals surface area contributed by atoms with E-state index < -0.39 is 5.97 Å². The maximum atomic E-state index is 11.4. The van der Waals surface area contributed by atoms with Crippen molar-refractivity contribution in [2.45, 2.75) is 31.7 Å². The Bertz CT molecular complexity index is 398. The van der Waals surface area contributed by atoms with Crippen molar-refractivity contribution in [3.05, 3.63) is 22.1 Å². The fourth-order valence-electron chi connectivity index (χ4n) is 1.95. The summed E-state index contributed by atoms with van der Waals surface area (Å²) in [7, 11) is 0. The van der Waals surface area contributed by atoms with Gasteiger partial charge in [0.2, 0.25) is 0 Å². The predicted molar refractivity (Wildman–Crippen MR) is 49.5 cm³/mol. The molecule has 5 heteroatoms. The Kier molecular flexibility index (Phi) is 2.15. The molecule has 14 heavy (non-hydrogen) atoms. The van der Waals surface area contributed by atoms with Crippen LogP contribution in [-0.2, 0) is 0 Å². The van der Waals surface area contributed by atoms with E-state index in [-0.39, 0.29) is 17.3 Å². The molecule has 1 aromatic heterocycles. The topological polar surface area (TPSA) is 75.1 Å². The first-order valence-corrected chi connectivity index (χ1v) is 4.73. The van der Waals surface area contributed by atoms with Gasteiger partial charge in [0.1, 0.15) is 5.69 Å². The highest BCUT2D eigenvalue weighted by atomic mass is 16.4. The molecule has 1 fully saturated rings. The normalized spacial score (nSPS) is 17.4.